The molecule has 7 nitrogen and oxygen atoms in total. The summed E-state index contributed by atoms with van der Waals surface area (Å²) in [6.45, 7) is 0. The first-order valence-corrected chi connectivity index (χ1v) is 13.8. The van der Waals surface area contributed by atoms with Crippen molar-refractivity contribution in [2.45, 2.75) is 5.92 Å². The van der Waals surface area contributed by atoms with Crippen molar-refractivity contribution >= 4 is 32.5 Å². The smallest absolute Gasteiger partial charge is 0.344 e. The van der Waals surface area contributed by atoms with Gasteiger partial charge in [0.05, 0.1) is 22.4 Å². The van der Waals surface area contributed by atoms with Gasteiger partial charge in [0.1, 0.15) is 11.9 Å². The van der Waals surface area contributed by atoms with Gasteiger partial charge in [0.2, 0.25) is 5.88 Å². The molecule has 0 bridgehead atoms. The van der Waals surface area contributed by atoms with Crippen LogP contribution in [0.1, 0.15) is 22.6 Å². The average Bonchev–Trinajstić information content (AvgIpc) is 3.46. The topological polar surface area (TPSA) is 82.5 Å². The highest BCUT2D eigenvalue weighted by Gasteiger charge is 2.38. The van der Waals surface area contributed by atoms with Crippen LogP contribution in [0.2, 0.25) is 0 Å². The Hall–Kier alpha value is -5.08. The van der Waals surface area contributed by atoms with Crippen LogP contribution in [0.4, 0.5) is 0 Å². The zero-order valence-electron chi connectivity index (χ0n) is 21.4. The zero-order chi connectivity index (χ0) is 27.5. The molecule has 0 saturated heterocycles. The molecule has 0 saturated carbocycles. The van der Waals surface area contributed by atoms with Crippen molar-refractivity contribution in [2.75, 3.05) is 0 Å². The predicted molar refractivity (Wildman–Crippen MR) is 159 cm³/mol. The molecule has 7 aromatic rings. The molecular weight excluding hydrogens is 580 g/mol. The molecule has 1 aliphatic rings. The average molecular weight is 599 g/mol. The number of halogens is 1. The van der Waals surface area contributed by atoms with Gasteiger partial charge in [-0.25, -0.2) is 19.3 Å². The van der Waals surface area contributed by atoms with Crippen LogP contribution in [-0.4, -0.2) is 19.6 Å². The molecule has 8 heteroatoms. The van der Waals surface area contributed by atoms with E-state index in [-0.39, 0.29) is 0 Å². The Morgan fingerprint density at radius 2 is 1.46 bits per heavy atom. The third-order valence-corrected chi connectivity index (χ3v) is 8.15. The first kappa shape index (κ1) is 23.8. The normalized spacial score (nSPS) is 14.0. The fraction of sp³-hybridized carbons (Fsp3) is 0.0303. The minimum atomic E-state index is -0.557. The number of benzene rings is 4. The molecule has 0 radical (unpaired) electrons. The van der Waals surface area contributed by atoms with Crippen LogP contribution in [0.15, 0.2) is 123 Å². The maximum atomic E-state index is 13.6. The van der Waals surface area contributed by atoms with E-state index in [2.05, 4.69) is 45.2 Å². The summed E-state index contributed by atoms with van der Waals surface area (Å²) in [7, 11) is 0. The van der Waals surface area contributed by atoms with Crippen LogP contribution < -0.4 is 10.4 Å². The van der Waals surface area contributed by atoms with E-state index in [1.807, 2.05) is 72.8 Å². The highest BCUT2D eigenvalue weighted by atomic mass is 79.9. The lowest BCUT2D eigenvalue weighted by Crippen LogP contribution is -2.22. The summed E-state index contributed by atoms with van der Waals surface area (Å²) in [4.78, 5) is 23.2. The van der Waals surface area contributed by atoms with E-state index in [4.69, 9.17) is 19.2 Å². The van der Waals surface area contributed by atoms with Gasteiger partial charge in [0.15, 0.2) is 17.2 Å². The Labute approximate surface area is 241 Å². The van der Waals surface area contributed by atoms with E-state index in [0.29, 0.717) is 45.2 Å². The Morgan fingerprint density at radius 3 is 2.29 bits per heavy atom. The van der Waals surface area contributed by atoms with Crippen LogP contribution in [0.5, 0.6) is 11.6 Å². The number of rotatable bonds is 3. The molecule has 41 heavy (non-hydrogen) atoms. The molecule has 4 heterocycles. The quantitative estimate of drug-likeness (QED) is 0.195. The van der Waals surface area contributed by atoms with Gasteiger partial charge < -0.3 is 9.15 Å². The van der Waals surface area contributed by atoms with Crippen LogP contribution in [0, 0.1) is 0 Å². The van der Waals surface area contributed by atoms with Gasteiger partial charge in [-0.3, -0.25) is 0 Å². The maximum Gasteiger partial charge on any atom is 0.344 e. The van der Waals surface area contributed by atoms with Gasteiger partial charge in [-0.05, 0) is 34.9 Å². The Bertz CT molecular complexity index is 2170. The molecule has 3 aromatic heterocycles. The van der Waals surface area contributed by atoms with Crippen molar-refractivity contribution in [3.8, 4) is 34.1 Å². The summed E-state index contributed by atoms with van der Waals surface area (Å²) in [5.41, 5.74) is 5.56. The lowest BCUT2D eigenvalue weighted by Gasteiger charge is -2.27. The van der Waals surface area contributed by atoms with Gasteiger partial charge in [0, 0.05) is 10.0 Å². The highest BCUT2D eigenvalue weighted by Crippen LogP contribution is 2.50. The van der Waals surface area contributed by atoms with Crippen molar-refractivity contribution in [1.82, 2.24) is 19.6 Å². The summed E-state index contributed by atoms with van der Waals surface area (Å²) in [6.07, 6.45) is 1.60. The summed E-state index contributed by atoms with van der Waals surface area (Å²) < 4.78 is 14.7. The Kier molecular flexibility index (Phi) is 5.36. The van der Waals surface area contributed by atoms with Gasteiger partial charge in [-0.1, -0.05) is 101 Å². The van der Waals surface area contributed by atoms with Crippen molar-refractivity contribution in [2.24, 2.45) is 0 Å². The SMILES string of the molecule is O=c1oc2ccccc2c2c1C(c1ccccc1Br)c1c(ncn3nc(-c4ccc(-c5ccccc5)cc4)nc13)O2. The van der Waals surface area contributed by atoms with Crippen LogP contribution >= 0.6 is 15.9 Å². The number of ether oxygens (including phenoxy) is 1. The molecule has 1 atom stereocenters. The van der Waals surface area contributed by atoms with Gasteiger partial charge in [-0.15, -0.1) is 5.10 Å². The van der Waals surface area contributed by atoms with Crippen molar-refractivity contribution < 1.29 is 9.15 Å². The van der Waals surface area contributed by atoms with Crippen LogP contribution in [0.3, 0.4) is 0 Å². The van der Waals surface area contributed by atoms with E-state index < -0.39 is 11.5 Å². The van der Waals surface area contributed by atoms with E-state index in [1.54, 1.807) is 16.9 Å². The van der Waals surface area contributed by atoms with Gasteiger partial charge in [-0.2, -0.15) is 0 Å². The number of para-hydroxylation sites is 1. The second-order valence-electron chi connectivity index (χ2n) is 9.80. The second-order valence-corrected chi connectivity index (χ2v) is 10.6. The van der Waals surface area contributed by atoms with E-state index in [0.717, 1.165) is 26.7 Å². The molecule has 0 spiro atoms. The third-order valence-electron chi connectivity index (χ3n) is 7.43. The fourth-order valence-electron chi connectivity index (χ4n) is 5.51. The van der Waals surface area contributed by atoms with E-state index in [9.17, 15) is 4.79 Å². The largest absolute Gasteiger partial charge is 0.437 e. The van der Waals surface area contributed by atoms with Gasteiger partial charge in [0.25, 0.3) is 0 Å². The van der Waals surface area contributed by atoms with E-state index >= 15 is 0 Å². The molecule has 0 fully saturated rings. The van der Waals surface area contributed by atoms with Crippen LogP contribution in [0.25, 0.3) is 39.1 Å². The predicted octanol–water partition coefficient (Wildman–Crippen LogP) is 7.61. The summed E-state index contributed by atoms with van der Waals surface area (Å²) in [5, 5.41) is 5.45. The lowest BCUT2D eigenvalue weighted by atomic mass is 9.84. The minimum Gasteiger partial charge on any atom is -0.437 e. The molecule has 8 rings (SSSR count). The molecule has 0 amide bonds. The third kappa shape index (κ3) is 3.79. The number of hydrogen-bond donors (Lipinski definition) is 0. The number of hydrogen-bond acceptors (Lipinski definition) is 6. The second kappa shape index (κ2) is 9.25. The highest BCUT2D eigenvalue weighted by molar-refractivity contribution is 9.10. The Morgan fingerprint density at radius 1 is 0.756 bits per heavy atom. The van der Waals surface area contributed by atoms with Crippen LogP contribution in [-0.2, 0) is 0 Å². The molecule has 1 unspecified atom stereocenters. The fourth-order valence-corrected chi connectivity index (χ4v) is 6.03. The monoisotopic (exact) mass is 598 g/mol. The standard InChI is InChI=1S/C33H19BrN4O3/c34-24-12-6-4-10-22(24)26-27-29(23-11-5-7-13-25(23)40-33(27)39)41-32-28(26)31-36-30(37-38(31)18-35-32)21-16-14-20(15-17-21)19-8-2-1-3-9-19/h1-18,26H. The minimum absolute atomic E-state index is 0.375. The Balaban J connectivity index is 1.34. The van der Waals surface area contributed by atoms with Gasteiger partial charge >= 0.3 is 5.63 Å². The molecule has 0 N–H and O–H groups in total. The lowest BCUT2D eigenvalue weighted by molar-refractivity contribution is 0.422. The summed E-state index contributed by atoms with van der Waals surface area (Å²) in [5.74, 6) is 0.805. The number of aromatic nitrogens is 4. The number of fused-ring (bicyclic) bond motifs is 6. The number of nitrogens with zero attached hydrogens (tertiary/aromatic N) is 4. The molecular formula is C33H19BrN4O3. The van der Waals surface area contributed by atoms with Crippen molar-refractivity contribution in [1.29, 1.82) is 0 Å². The van der Waals surface area contributed by atoms with Crippen molar-refractivity contribution in [3.63, 3.8) is 0 Å². The van der Waals surface area contributed by atoms with Crippen molar-refractivity contribution in [3.05, 3.63) is 141 Å². The summed E-state index contributed by atoms with van der Waals surface area (Å²) in [6, 6.07) is 33.5. The van der Waals surface area contributed by atoms with E-state index in [1.165, 1.54) is 0 Å². The zero-order valence-corrected chi connectivity index (χ0v) is 22.9. The molecule has 196 valence electrons. The first-order chi connectivity index (χ1) is 20.2. The molecule has 1 aliphatic heterocycles. The molecule has 4 aromatic carbocycles. The summed E-state index contributed by atoms with van der Waals surface area (Å²) >= 11 is 3.71. The molecule has 0 aliphatic carbocycles. The maximum absolute atomic E-state index is 13.6. The first-order valence-electron chi connectivity index (χ1n) is 13.0.